The molecule has 0 unspecified atom stereocenters. The van der Waals surface area contributed by atoms with Crippen molar-refractivity contribution in [1.29, 1.82) is 0 Å². The maximum absolute atomic E-state index is 14.4. The van der Waals surface area contributed by atoms with Crippen LogP contribution >= 0.6 is 0 Å². The lowest BCUT2D eigenvalue weighted by atomic mass is 10.0. The average Bonchev–Trinajstić information content (AvgIpc) is 3.51. The monoisotopic (exact) mass is 554 g/mol. The Morgan fingerprint density at radius 3 is 2.05 bits per heavy atom. The molecule has 0 saturated carbocycles. The summed E-state index contributed by atoms with van der Waals surface area (Å²) in [6, 6.07) is 8.19. The van der Waals surface area contributed by atoms with Crippen LogP contribution in [0, 0.1) is 0 Å². The zero-order valence-electron chi connectivity index (χ0n) is 18.5. The van der Waals surface area contributed by atoms with Gasteiger partial charge in [-0.3, -0.25) is 4.40 Å². The van der Waals surface area contributed by atoms with Crippen molar-refractivity contribution in [1.82, 2.24) is 24.5 Å². The van der Waals surface area contributed by atoms with Gasteiger partial charge in [-0.2, -0.15) is 31.3 Å². The molecule has 0 aliphatic rings. The van der Waals surface area contributed by atoms with E-state index in [1.54, 1.807) is 0 Å². The van der Waals surface area contributed by atoms with Crippen LogP contribution in [-0.2, 0) is 22.4 Å². The molecule has 0 saturated heterocycles. The van der Waals surface area contributed by atoms with Gasteiger partial charge < -0.3 is 4.52 Å². The molecule has 3 heterocycles. The summed E-state index contributed by atoms with van der Waals surface area (Å²) >= 11 is 0. The maximum Gasteiger partial charge on any atom is 0.432 e. The van der Waals surface area contributed by atoms with Crippen molar-refractivity contribution in [3.8, 4) is 34.1 Å². The summed E-state index contributed by atoms with van der Waals surface area (Å²) in [4.78, 5) is 11.7. The summed E-state index contributed by atoms with van der Waals surface area (Å²) in [6.45, 7) is 0. The molecular formula is C22H12F6N6O3S. The van der Waals surface area contributed by atoms with Crippen LogP contribution in [-0.4, -0.2) is 32.9 Å². The van der Waals surface area contributed by atoms with Crippen LogP contribution in [0.1, 0.15) is 11.3 Å². The van der Waals surface area contributed by atoms with E-state index in [0.29, 0.717) is 16.5 Å². The standard InChI is InChI=1S/C22H12F6N6O3S/c23-21(24,25)13-5-1-11(2-6-13)17-16(18(22(26,27)28)34-10-30-9-15(34)31-17)19-32-20(37-33-19)12-3-7-14(8-4-12)38(29,35)36/h1-10H,(H2,29,35,36). The van der Waals surface area contributed by atoms with E-state index in [1.165, 1.54) is 12.1 Å². The Balaban J connectivity index is 1.72. The Kier molecular flexibility index (Phi) is 5.75. The molecule has 16 heteroatoms. The van der Waals surface area contributed by atoms with Crippen molar-refractivity contribution in [2.45, 2.75) is 17.2 Å². The van der Waals surface area contributed by atoms with Crippen LogP contribution in [0.15, 0.2) is 70.5 Å². The first-order chi connectivity index (χ1) is 17.7. The lowest BCUT2D eigenvalue weighted by Crippen LogP contribution is -2.16. The molecule has 0 amide bonds. The first-order valence-electron chi connectivity index (χ1n) is 10.3. The molecule has 0 aliphatic heterocycles. The molecule has 0 spiro atoms. The van der Waals surface area contributed by atoms with Gasteiger partial charge in [0.05, 0.1) is 27.9 Å². The zero-order chi connectivity index (χ0) is 27.5. The Hall–Kier alpha value is -4.31. The first kappa shape index (κ1) is 25.3. The van der Waals surface area contributed by atoms with Crippen LogP contribution in [0.2, 0.25) is 0 Å². The SMILES string of the molecule is NS(=O)(=O)c1ccc(-c2nc(-c3c(-c4ccc(C(F)(F)F)cc4)nc4cncn4c3C(F)(F)F)no2)cc1. The number of halogens is 6. The van der Waals surface area contributed by atoms with E-state index in [0.717, 1.165) is 36.8 Å². The fraction of sp³-hybridized carbons (Fsp3) is 0.0909. The second kappa shape index (κ2) is 8.63. The zero-order valence-corrected chi connectivity index (χ0v) is 19.3. The Morgan fingerprint density at radius 1 is 0.842 bits per heavy atom. The predicted octanol–water partition coefficient (Wildman–Crippen LogP) is 4.80. The molecule has 0 atom stereocenters. The second-order valence-corrected chi connectivity index (χ2v) is 9.43. The topological polar surface area (TPSA) is 129 Å². The van der Waals surface area contributed by atoms with E-state index < -0.39 is 45.0 Å². The summed E-state index contributed by atoms with van der Waals surface area (Å²) < 4.78 is 111. The number of nitrogens with two attached hydrogens (primary N) is 1. The van der Waals surface area contributed by atoms with Crippen molar-refractivity contribution in [2.24, 2.45) is 5.14 Å². The number of imidazole rings is 1. The molecule has 5 rings (SSSR count). The summed E-state index contributed by atoms with van der Waals surface area (Å²) in [5.41, 5.74) is -3.46. The predicted molar refractivity (Wildman–Crippen MR) is 119 cm³/mol. The van der Waals surface area contributed by atoms with Gasteiger partial charge in [-0.05, 0) is 36.4 Å². The maximum atomic E-state index is 14.4. The number of hydrogen-bond donors (Lipinski definition) is 1. The Bertz CT molecular complexity index is 1760. The van der Waals surface area contributed by atoms with Crippen LogP contribution in [0.5, 0.6) is 0 Å². The number of primary sulfonamides is 1. The number of sulfonamides is 1. The number of alkyl halides is 6. The highest BCUT2D eigenvalue weighted by molar-refractivity contribution is 7.89. The van der Waals surface area contributed by atoms with Gasteiger partial charge in [-0.15, -0.1) is 0 Å². The molecule has 0 radical (unpaired) electrons. The fourth-order valence-corrected chi connectivity index (χ4v) is 4.21. The van der Waals surface area contributed by atoms with E-state index >= 15 is 0 Å². The van der Waals surface area contributed by atoms with Gasteiger partial charge in [0.2, 0.25) is 15.8 Å². The van der Waals surface area contributed by atoms with Crippen molar-refractivity contribution in [3.05, 3.63) is 72.3 Å². The third-order valence-electron chi connectivity index (χ3n) is 5.39. The lowest BCUT2D eigenvalue weighted by Gasteiger charge is -2.17. The third kappa shape index (κ3) is 4.58. The number of hydrogen-bond acceptors (Lipinski definition) is 7. The number of aromatic nitrogens is 5. The molecule has 2 N–H and O–H groups in total. The van der Waals surface area contributed by atoms with E-state index in [2.05, 4.69) is 20.1 Å². The lowest BCUT2D eigenvalue weighted by molar-refractivity contribution is -0.141. The minimum Gasteiger partial charge on any atom is -0.334 e. The number of nitrogens with zero attached hydrogens (tertiary/aromatic N) is 5. The van der Waals surface area contributed by atoms with Crippen LogP contribution < -0.4 is 5.14 Å². The van der Waals surface area contributed by atoms with Gasteiger partial charge in [0.25, 0.3) is 5.89 Å². The molecule has 196 valence electrons. The minimum atomic E-state index is -5.00. The van der Waals surface area contributed by atoms with Crippen LogP contribution in [0.25, 0.3) is 39.7 Å². The Labute approximate surface area is 208 Å². The highest BCUT2D eigenvalue weighted by atomic mass is 32.2. The fourth-order valence-electron chi connectivity index (χ4n) is 3.69. The third-order valence-corrected chi connectivity index (χ3v) is 6.32. The van der Waals surface area contributed by atoms with E-state index in [4.69, 9.17) is 9.66 Å². The summed E-state index contributed by atoms with van der Waals surface area (Å²) in [5.74, 6) is -0.834. The van der Waals surface area contributed by atoms with Gasteiger partial charge in [0.15, 0.2) is 5.65 Å². The molecule has 5 aromatic rings. The van der Waals surface area contributed by atoms with Gasteiger partial charge in [-0.25, -0.2) is 23.5 Å². The van der Waals surface area contributed by atoms with Crippen molar-refractivity contribution in [3.63, 3.8) is 0 Å². The highest BCUT2D eigenvalue weighted by Gasteiger charge is 2.40. The summed E-state index contributed by atoms with van der Waals surface area (Å²) in [5, 5.41) is 8.72. The van der Waals surface area contributed by atoms with Crippen LogP contribution in [0.3, 0.4) is 0 Å². The summed E-state index contributed by atoms with van der Waals surface area (Å²) in [7, 11) is -4.00. The van der Waals surface area contributed by atoms with Crippen LogP contribution in [0.4, 0.5) is 26.3 Å². The number of fused-ring (bicyclic) bond motifs is 1. The van der Waals surface area contributed by atoms with Gasteiger partial charge >= 0.3 is 12.4 Å². The van der Waals surface area contributed by atoms with Crippen molar-refractivity contribution >= 4 is 15.7 Å². The molecule has 38 heavy (non-hydrogen) atoms. The Morgan fingerprint density at radius 2 is 1.47 bits per heavy atom. The summed E-state index contributed by atoms with van der Waals surface area (Å²) in [6.07, 6.45) is -7.74. The van der Waals surface area contributed by atoms with Crippen molar-refractivity contribution in [2.75, 3.05) is 0 Å². The van der Waals surface area contributed by atoms with E-state index in [-0.39, 0.29) is 33.3 Å². The van der Waals surface area contributed by atoms with E-state index in [1.807, 2.05) is 0 Å². The molecular weight excluding hydrogens is 542 g/mol. The molecule has 0 bridgehead atoms. The number of benzene rings is 2. The van der Waals surface area contributed by atoms with E-state index in [9.17, 15) is 34.8 Å². The normalized spacial score (nSPS) is 12.8. The number of rotatable bonds is 4. The average molecular weight is 554 g/mol. The smallest absolute Gasteiger partial charge is 0.334 e. The molecule has 0 aliphatic carbocycles. The van der Waals surface area contributed by atoms with Gasteiger partial charge in [0, 0.05) is 11.1 Å². The quantitative estimate of drug-likeness (QED) is 0.316. The molecule has 0 fully saturated rings. The largest absolute Gasteiger partial charge is 0.432 e. The molecule has 2 aromatic carbocycles. The van der Waals surface area contributed by atoms with Gasteiger partial charge in [-0.1, -0.05) is 17.3 Å². The van der Waals surface area contributed by atoms with Gasteiger partial charge in [0.1, 0.15) is 12.0 Å². The molecule has 9 nitrogen and oxygen atoms in total. The first-order valence-corrected chi connectivity index (χ1v) is 11.9. The minimum absolute atomic E-state index is 0.0777. The molecule has 3 aromatic heterocycles. The second-order valence-electron chi connectivity index (χ2n) is 7.87. The van der Waals surface area contributed by atoms with Crippen molar-refractivity contribution < 1.29 is 39.3 Å². The highest BCUT2D eigenvalue weighted by Crippen LogP contribution is 2.42.